The van der Waals surface area contributed by atoms with E-state index in [1.807, 2.05) is 30.3 Å². The molecule has 0 aromatic heterocycles. The van der Waals surface area contributed by atoms with Gasteiger partial charge < -0.3 is 5.32 Å². The fourth-order valence-electron chi connectivity index (χ4n) is 1.10. The van der Waals surface area contributed by atoms with Gasteiger partial charge in [-0.3, -0.25) is 5.73 Å². The van der Waals surface area contributed by atoms with E-state index in [2.05, 4.69) is 5.32 Å². The van der Waals surface area contributed by atoms with E-state index in [1.165, 1.54) is 10.8 Å². The minimum absolute atomic E-state index is 0.553. The van der Waals surface area contributed by atoms with Crippen molar-refractivity contribution in [3.05, 3.63) is 35.9 Å². The van der Waals surface area contributed by atoms with E-state index in [1.54, 1.807) is 10.8 Å². The third-order valence-electron chi connectivity index (χ3n) is 1.74. The number of benzene rings is 1. The summed E-state index contributed by atoms with van der Waals surface area (Å²) in [5.74, 6) is 0. The fraction of sp³-hybridized carbons (Fsp3) is 0.125. The molecule has 0 bridgehead atoms. The Kier molecular flexibility index (Phi) is 2.51. The lowest BCUT2D eigenvalue weighted by Crippen LogP contribution is -2.44. The van der Waals surface area contributed by atoms with Gasteiger partial charge in [0, 0.05) is 5.56 Å². The quantitative estimate of drug-likeness (QED) is 0.568. The van der Waals surface area contributed by atoms with E-state index >= 15 is 0 Å². The third-order valence-corrected chi connectivity index (χ3v) is 4.88. The van der Waals surface area contributed by atoms with E-state index < -0.39 is 4.99 Å². The molecule has 0 radical (unpaired) electrons. The molecule has 0 amide bonds. The van der Waals surface area contributed by atoms with Gasteiger partial charge in [-0.15, -0.1) is 0 Å². The zero-order valence-corrected chi connectivity index (χ0v) is 9.14. The highest BCUT2D eigenvalue weighted by Gasteiger charge is 2.35. The average Bonchev–Trinajstić information content (AvgIpc) is 2.49. The first-order chi connectivity index (χ1) is 6.21. The normalized spacial score (nSPS) is 27.3. The van der Waals surface area contributed by atoms with Crippen LogP contribution in [-0.4, -0.2) is 4.32 Å². The van der Waals surface area contributed by atoms with Gasteiger partial charge in [-0.25, -0.2) is 0 Å². The Hall–Kier alpha value is -0.230. The van der Waals surface area contributed by atoms with E-state index in [0.29, 0.717) is 0 Å². The van der Waals surface area contributed by atoms with Crippen molar-refractivity contribution in [3.8, 4) is 0 Å². The van der Waals surface area contributed by atoms with E-state index in [0.717, 1.165) is 9.88 Å². The first-order valence-corrected chi connectivity index (χ1v) is 6.29. The molecule has 0 saturated carbocycles. The molecule has 1 aromatic carbocycles. The maximum Gasteiger partial charge on any atom is 0.172 e. The Morgan fingerprint density at radius 3 is 2.54 bits per heavy atom. The Morgan fingerprint density at radius 2 is 2.00 bits per heavy atom. The molecule has 1 atom stereocenters. The predicted molar refractivity (Wildman–Crippen MR) is 63.2 cm³/mol. The van der Waals surface area contributed by atoms with E-state index in [4.69, 9.17) is 18.0 Å². The third kappa shape index (κ3) is 1.83. The van der Waals surface area contributed by atoms with Gasteiger partial charge in [0.05, 0.1) is 0 Å². The van der Waals surface area contributed by atoms with Gasteiger partial charge >= 0.3 is 0 Å². The smallest absolute Gasteiger partial charge is 0.172 e. The van der Waals surface area contributed by atoms with Crippen LogP contribution in [0.3, 0.4) is 0 Å². The van der Waals surface area contributed by atoms with Crippen LogP contribution in [0.1, 0.15) is 5.56 Å². The first-order valence-electron chi connectivity index (χ1n) is 3.73. The predicted octanol–water partition coefficient (Wildman–Crippen LogP) is 2.03. The summed E-state index contributed by atoms with van der Waals surface area (Å²) in [4.78, 5) is -0.553. The Morgan fingerprint density at radius 1 is 1.31 bits per heavy atom. The number of hydrogen-bond acceptors (Lipinski definition) is 4. The Balaban J connectivity index is 2.31. The van der Waals surface area contributed by atoms with Gasteiger partial charge in [-0.2, -0.15) is 0 Å². The molecule has 68 valence electrons. The van der Waals surface area contributed by atoms with Gasteiger partial charge in [0.25, 0.3) is 0 Å². The molecule has 0 aliphatic carbocycles. The number of nitrogens with one attached hydrogen (secondary N) is 1. The van der Waals surface area contributed by atoms with Crippen LogP contribution in [0.5, 0.6) is 0 Å². The van der Waals surface area contributed by atoms with Crippen molar-refractivity contribution < 1.29 is 0 Å². The molecule has 1 heterocycles. The topological polar surface area (TPSA) is 38.0 Å². The fourth-order valence-corrected chi connectivity index (χ4v) is 3.65. The lowest BCUT2D eigenvalue weighted by molar-refractivity contribution is 0.630. The molecular weight excluding hydrogens is 220 g/mol. The first kappa shape index (κ1) is 9.33. The lowest BCUT2D eigenvalue weighted by Gasteiger charge is -2.22. The lowest BCUT2D eigenvalue weighted by atomic mass is 10.2. The van der Waals surface area contributed by atoms with Crippen molar-refractivity contribution in [3.63, 3.8) is 0 Å². The molecule has 2 nitrogen and oxygen atoms in total. The SMILES string of the molecule is NC1(c2ccccc2)NC(=S)SS1. The van der Waals surface area contributed by atoms with Crippen molar-refractivity contribution in [2.24, 2.45) is 5.73 Å². The van der Waals surface area contributed by atoms with Crippen molar-refractivity contribution >= 4 is 38.1 Å². The molecule has 1 aromatic rings. The number of hydrogen-bond donors (Lipinski definition) is 2. The number of rotatable bonds is 1. The summed E-state index contributed by atoms with van der Waals surface area (Å²) in [5.41, 5.74) is 7.16. The van der Waals surface area contributed by atoms with E-state index in [9.17, 15) is 0 Å². The van der Waals surface area contributed by atoms with Gasteiger partial charge in [0.2, 0.25) is 0 Å². The second-order valence-corrected chi connectivity index (χ2v) is 5.73. The zero-order chi connectivity index (χ0) is 9.31. The summed E-state index contributed by atoms with van der Waals surface area (Å²) < 4.78 is 0.747. The second kappa shape index (κ2) is 3.49. The van der Waals surface area contributed by atoms with E-state index in [-0.39, 0.29) is 0 Å². The van der Waals surface area contributed by atoms with Crippen molar-refractivity contribution in [2.75, 3.05) is 0 Å². The monoisotopic (exact) mass is 228 g/mol. The standard InChI is InChI=1S/C8H8N2S3/c9-8(10-7(11)12-13-8)6-4-2-1-3-5-6/h1-5H,9H2,(H,10,11). The maximum absolute atomic E-state index is 6.11. The molecule has 1 unspecified atom stereocenters. The summed E-state index contributed by atoms with van der Waals surface area (Å²) >= 11 is 5.02. The molecule has 2 rings (SSSR count). The van der Waals surface area contributed by atoms with Crippen LogP contribution in [-0.2, 0) is 4.99 Å². The molecule has 5 heteroatoms. The molecule has 1 aliphatic heterocycles. The molecular formula is C8H8N2S3. The maximum atomic E-state index is 6.11. The second-order valence-electron chi connectivity index (χ2n) is 2.68. The minimum atomic E-state index is -0.553. The summed E-state index contributed by atoms with van der Waals surface area (Å²) in [7, 11) is 3.06. The van der Waals surface area contributed by atoms with Crippen LogP contribution in [0.2, 0.25) is 0 Å². The highest BCUT2D eigenvalue weighted by Crippen LogP contribution is 2.44. The number of nitrogens with two attached hydrogens (primary N) is 1. The molecule has 13 heavy (non-hydrogen) atoms. The molecule has 3 N–H and O–H groups in total. The van der Waals surface area contributed by atoms with Crippen LogP contribution in [0.25, 0.3) is 0 Å². The number of thiocarbonyl (C=S) groups is 1. The van der Waals surface area contributed by atoms with Crippen LogP contribution < -0.4 is 11.1 Å². The van der Waals surface area contributed by atoms with Crippen molar-refractivity contribution in [2.45, 2.75) is 4.99 Å². The highest BCUT2D eigenvalue weighted by atomic mass is 33.1. The molecule has 1 fully saturated rings. The zero-order valence-electron chi connectivity index (χ0n) is 6.69. The van der Waals surface area contributed by atoms with Crippen LogP contribution in [0.15, 0.2) is 30.3 Å². The molecule has 1 aliphatic rings. The van der Waals surface area contributed by atoms with Gasteiger partial charge in [-0.1, -0.05) is 42.5 Å². The summed E-state index contributed by atoms with van der Waals surface area (Å²) in [6.45, 7) is 0. The summed E-state index contributed by atoms with van der Waals surface area (Å²) in [5, 5.41) is 3.08. The van der Waals surface area contributed by atoms with Crippen molar-refractivity contribution in [1.29, 1.82) is 0 Å². The average molecular weight is 228 g/mol. The summed E-state index contributed by atoms with van der Waals surface area (Å²) in [6, 6.07) is 9.90. The largest absolute Gasteiger partial charge is 0.339 e. The van der Waals surface area contributed by atoms with Crippen LogP contribution >= 0.6 is 33.8 Å². The van der Waals surface area contributed by atoms with Crippen molar-refractivity contribution in [1.82, 2.24) is 5.32 Å². The minimum Gasteiger partial charge on any atom is -0.339 e. The Bertz CT molecular complexity index is 327. The van der Waals surface area contributed by atoms with Gasteiger partial charge in [0.15, 0.2) is 4.99 Å². The van der Waals surface area contributed by atoms with Crippen LogP contribution in [0, 0.1) is 0 Å². The summed E-state index contributed by atoms with van der Waals surface area (Å²) in [6.07, 6.45) is 0. The molecule has 0 spiro atoms. The van der Waals surface area contributed by atoms with Crippen LogP contribution in [0.4, 0.5) is 0 Å². The Labute approximate surface area is 90.1 Å². The highest BCUT2D eigenvalue weighted by molar-refractivity contribution is 8.84. The van der Waals surface area contributed by atoms with Gasteiger partial charge in [0.1, 0.15) is 4.32 Å². The molecule has 1 saturated heterocycles. The van der Waals surface area contributed by atoms with Gasteiger partial charge in [-0.05, 0) is 21.6 Å².